The number of halogens is 1. The van der Waals surface area contributed by atoms with Crippen LogP contribution in [-0.2, 0) is 0 Å². The lowest BCUT2D eigenvalue weighted by Crippen LogP contribution is -1.77. The zero-order chi connectivity index (χ0) is 10.1. The van der Waals surface area contributed by atoms with E-state index >= 15 is 0 Å². The van der Waals surface area contributed by atoms with Crippen LogP contribution in [0, 0.1) is 2.88 Å². The van der Waals surface area contributed by atoms with Crippen molar-refractivity contribution < 1.29 is 4.79 Å². The molecule has 2 aromatic rings. The number of thioether (sulfide) groups is 1. The van der Waals surface area contributed by atoms with Gasteiger partial charge in [-0.05, 0) is 41.0 Å². The van der Waals surface area contributed by atoms with Gasteiger partial charge < -0.3 is 0 Å². The number of rotatable bonds is 2. The predicted octanol–water partition coefficient (Wildman–Crippen LogP) is 4.04. The highest BCUT2D eigenvalue weighted by atomic mass is 127. The topological polar surface area (TPSA) is 17.1 Å². The van der Waals surface area contributed by atoms with Gasteiger partial charge in [0.1, 0.15) is 6.29 Å². The fraction of sp³-hybridized carbons (Fsp3) is 0.100. The minimum atomic E-state index is 0.752. The number of benzene rings is 1. The fourth-order valence-electron chi connectivity index (χ4n) is 1.33. The van der Waals surface area contributed by atoms with E-state index in [9.17, 15) is 4.79 Å². The van der Waals surface area contributed by atoms with Gasteiger partial charge in [0, 0.05) is 20.5 Å². The van der Waals surface area contributed by atoms with E-state index in [4.69, 9.17) is 0 Å². The summed E-state index contributed by atoms with van der Waals surface area (Å²) in [6, 6.07) is 5.85. The molecule has 0 fully saturated rings. The summed E-state index contributed by atoms with van der Waals surface area (Å²) in [5.41, 5.74) is 0.752. The van der Waals surface area contributed by atoms with E-state index in [1.807, 2.05) is 18.2 Å². The number of fused-ring (bicyclic) bond motifs is 1. The van der Waals surface area contributed by atoms with Crippen LogP contribution >= 0.6 is 45.7 Å². The van der Waals surface area contributed by atoms with Gasteiger partial charge in [-0.2, -0.15) is 0 Å². The van der Waals surface area contributed by atoms with Crippen molar-refractivity contribution >= 4 is 62.1 Å². The number of carbonyl (C=O) groups excluding carboxylic acids is 1. The summed E-state index contributed by atoms with van der Waals surface area (Å²) < 4.78 is 2.55. The van der Waals surface area contributed by atoms with Crippen molar-refractivity contribution in [2.24, 2.45) is 0 Å². The van der Waals surface area contributed by atoms with Crippen LogP contribution in [0.25, 0.3) is 10.1 Å². The van der Waals surface area contributed by atoms with E-state index in [0.29, 0.717) is 0 Å². The van der Waals surface area contributed by atoms with Gasteiger partial charge in [0.05, 0.1) is 2.88 Å². The van der Waals surface area contributed by atoms with E-state index in [0.717, 1.165) is 11.8 Å². The fourth-order valence-corrected chi connectivity index (χ4v) is 4.78. The molecule has 0 amide bonds. The molecule has 0 atom stereocenters. The Labute approximate surface area is 104 Å². The Bertz CT molecular complexity index is 490. The minimum Gasteiger partial charge on any atom is -0.298 e. The van der Waals surface area contributed by atoms with Crippen molar-refractivity contribution in [3.63, 3.8) is 0 Å². The molecule has 0 radical (unpaired) electrons. The van der Waals surface area contributed by atoms with Gasteiger partial charge >= 0.3 is 0 Å². The lowest BCUT2D eigenvalue weighted by Gasteiger charge is -1.95. The summed E-state index contributed by atoms with van der Waals surface area (Å²) in [6.07, 6.45) is 2.96. The van der Waals surface area contributed by atoms with Crippen molar-refractivity contribution in [3.05, 3.63) is 26.6 Å². The quantitative estimate of drug-likeness (QED) is 0.468. The van der Waals surface area contributed by atoms with Gasteiger partial charge in [-0.25, -0.2) is 0 Å². The third-order valence-corrected chi connectivity index (χ3v) is 5.45. The molecule has 0 aliphatic rings. The SMILES string of the molecule is CSc1c(I)sc2ccc(C=O)cc12. The largest absolute Gasteiger partial charge is 0.298 e. The number of carbonyl (C=O) groups is 1. The Morgan fingerprint density at radius 1 is 1.50 bits per heavy atom. The van der Waals surface area contributed by atoms with Crippen LogP contribution in [0.1, 0.15) is 10.4 Å². The summed E-state index contributed by atoms with van der Waals surface area (Å²) in [7, 11) is 0. The van der Waals surface area contributed by atoms with Crippen molar-refractivity contribution in [1.29, 1.82) is 0 Å². The van der Waals surface area contributed by atoms with Gasteiger partial charge in [-0.3, -0.25) is 4.79 Å². The second-order valence-corrected chi connectivity index (χ2v) is 6.46. The number of thiophene rings is 1. The third-order valence-electron chi connectivity index (χ3n) is 1.97. The maximum Gasteiger partial charge on any atom is 0.150 e. The molecule has 0 saturated carbocycles. The Morgan fingerprint density at radius 2 is 2.29 bits per heavy atom. The highest BCUT2D eigenvalue weighted by molar-refractivity contribution is 14.1. The molecule has 2 rings (SSSR count). The molecular weight excluding hydrogens is 327 g/mol. The molecule has 0 aliphatic carbocycles. The molecule has 72 valence electrons. The zero-order valence-corrected chi connectivity index (χ0v) is 11.2. The van der Waals surface area contributed by atoms with E-state index in [2.05, 4.69) is 28.8 Å². The first-order valence-corrected chi connectivity index (χ1v) is 7.09. The standard InChI is InChI=1S/C10H7IOS2/c1-13-9-7-4-6(5-12)2-3-8(7)14-10(9)11/h2-5H,1H3. The van der Waals surface area contributed by atoms with Crippen LogP contribution in [0.5, 0.6) is 0 Å². The zero-order valence-electron chi connectivity index (χ0n) is 7.41. The first-order chi connectivity index (χ1) is 6.76. The lowest BCUT2D eigenvalue weighted by molar-refractivity contribution is 0.112. The Kier molecular flexibility index (Phi) is 3.14. The smallest absolute Gasteiger partial charge is 0.150 e. The summed E-state index contributed by atoms with van der Waals surface area (Å²) >= 11 is 5.86. The van der Waals surface area contributed by atoms with Crippen molar-refractivity contribution in [2.45, 2.75) is 4.90 Å². The van der Waals surface area contributed by atoms with Crippen molar-refractivity contribution in [1.82, 2.24) is 0 Å². The van der Waals surface area contributed by atoms with Crippen LogP contribution in [0.4, 0.5) is 0 Å². The van der Waals surface area contributed by atoms with E-state index in [1.54, 1.807) is 23.1 Å². The van der Waals surface area contributed by atoms with Crippen molar-refractivity contribution in [2.75, 3.05) is 6.26 Å². The molecule has 1 aromatic carbocycles. The number of hydrogen-bond donors (Lipinski definition) is 0. The van der Waals surface area contributed by atoms with Gasteiger partial charge in [0.2, 0.25) is 0 Å². The van der Waals surface area contributed by atoms with Gasteiger partial charge in [0.25, 0.3) is 0 Å². The molecule has 1 heterocycles. The van der Waals surface area contributed by atoms with E-state index < -0.39 is 0 Å². The van der Waals surface area contributed by atoms with E-state index in [-0.39, 0.29) is 0 Å². The van der Waals surface area contributed by atoms with Gasteiger partial charge in [-0.1, -0.05) is 6.07 Å². The average Bonchev–Trinajstić information content (AvgIpc) is 2.52. The molecule has 1 nitrogen and oxygen atoms in total. The monoisotopic (exact) mass is 334 g/mol. The second kappa shape index (κ2) is 4.20. The van der Waals surface area contributed by atoms with Gasteiger partial charge in [-0.15, -0.1) is 23.1 Å². The molecule has 0 aliphatic heterocycles. The highest BCUT2D eigenvalue weighted by Crippen LogP contribution is 2.38. The Balaban J connectivity index is 2.77. The number of hydrogen-bond acceptors (Lipinski definition) is 3. The normalized spacial score (nSPS) is 10.7. The van der Waals surface area contributed by atoms with Crippen LogP contribution in [0.2, 0.25) is 0 Å². The molecular formula is C10H7IOS2. The van der Waals surface area contributed by atoms with E-state index in [1.165, 1.54) is 17.9 Å². The molecule has 0 bridgehead atoms. The van der Waals surface area contributed by atoms with Gasteiger partial charge in [0.15, 0.2) is 0 Å². The summed E-state index contributed by atoms with van der Waals surface area (Å²) in [4.78, 5) is 11.9. The lowest BCUT2D eigenvalue weighted by atomic mass is 10.2. The number of aldehydes is 1. The average molecular weight is 334 g/mol. The molecule has 4 heteroatoms. The maximum absolute atomic E-state index is 10.7. The third kappa shape index (κ3) is 1.70. The van der Waals surface area contributed by atoms with Crippen molar-refractivity contribution in [3.8, 4) is 0 Å². The molecule has 0 unspecified atom stereocenters. The summed E-state index contributed by atoms with van der Waals surface area (Å²) in [5.74, 6) is 0. The Morgan fingerprint density at radius 3 is 2.93 bits per heavy atom. The second-order valence-electron chi connectivity index (χ2n) is 2.78. The van der Waals surface area contributed by atoms with Crippen LogP contribution in [-0.4, -0.2) is 12.5 Å². The van der Waals surface area contributed by atoms with Crippen LogP contribution in [0.3, 0.4) is 0 Å². The highest BCUT2D eigenvalue weighted by Gasteiger charge is 2.09. The Hall–Kier alpha value is -0.0700. The summed E-state index contributed by atoms with van der Waals surface area (Å²) in [5, 5.41) is 1.21. The molecule has 0 N–H and O–H groups in total. The summed E-state index contributed by atoms with van der Waals surface area (Å²) in [6.45, 7) is 0. The maximum atomic E-state index is 10.7. The van der Waals surface area contributed by atoms with Crippen LogP contribution < -0.4 is 0 Å². The predicted molar refractivity (Wildman–Crippen MR) is 71.7 cm³/mol. The van der Waals surface area contributed by atoms with Crippen LogP contribution in [0.15, 0.2) is 23.1 Å². The minimum absolute atomic E-state index is 0.752. The first kappa shape index (κ1) is 10.4. The first-order valence-electron chi connectivity index (χ1n) is 3.97. The molecule has 0 saturated heterocycles. The molecule has 14 heavy (non-hydrogen) atoms. The molecule has 0 spiro atoms. The molecule has 1 aromatic heterocycles.